The van der Waals surface area contributed by atoms with Crippen LogP contribution in [-0.2, 0) is 0 Å². The van der Waals surface area contributed by atoms with Gasteiger partial charge in [-0.2, -0.15) is 5.26 Å². The predicted octanol–water partition coefficient (Wildman–Crippen LogP) is 0.333. The predicted molar refractivity (Wildman–Crippen MR) is 52.1 cm³/mol. The number of amides is 2. The van der Waals surface area contributed by atoms with E-state index in [2.05, 4.69) is 5.32 Å². The lowest BCUT2D eigenvalue weighted by molar-refractivity contribution is 0.0880. The number of nitrogens with two attached hydrogens (primary N) is 1. The zero-order chi connectivity index (χ0) is 11.2. The summed E-state index contributed by atoms with van der Waals surface area (Å²) in [7, 11) is 0. The van der Waals surface area contributed by atoms with E-state index in [-0.39, 0.29) is 22.4 Å². The van der Waals surface area contributed by atoms with E-state index >= 15 is 0 Å². The Morgan fingerprint density at radius 2 is 2.07 bits per heavy atom. The van der Waals surface area contributed by atoms with Crippen molar-refractivity contribution in [3.8, 4) is 6.07 Å². The van der Waals surface area contributed by atoms with Gasteiger partial charge in [0.15, 0.2) is 0 Å². The highest BCUT2D eigenvalue weighted by Crippen LogP contribution is 2.27. The molecule has 5 heteroatoms. The Bertz CT molecular complexity index is 541. The number of rotatable bonds is 0. The lowest BCUT2D eigenvalue weighted by Gasteiger charge is -2.05. The number of benzene rings is 1. The van der Waals surface area contributed by atoms with E-state index in [1.807, 2.05) is 6.07 Å². The standard InChI is InChI=1S/C10H7N3O2/c1-4-2-5-7(8(12)6(4)3-11)10(15)13-9(5)14/h2H,12H2,1H3,(H,13,14,15). The topological polar surface area (TPSA) is 96.0 Å². The van der Waals surface area contributed by atoms with Crippen molar-refractivity contribution in [1.82, 2.24) is 5.32 Å². The summed E-state index contributed by atoms with van der Waals surface area (Å²) in [6, 6.07) is 3.42. The summed E-state index contributed by atoms with van der Waals surface area (Å²) in [5, 5.41) is 11.0. The molecule has 1 aliphatic heterocycles. The molecule has 1 heterocycles. The minimum absolute atomic E-state index is 0.0795. The van der Waals surface area contributed by atoms with Crippen LogP contribution in [0.1, 0.15) is 31.8 Å². The van der Waals surface area contributed by atoms with Crippen LogP contribution in [0.15, 0.2) is 6.07 Å². The van der Waals surface area contributed by atoms with Crippen molar-refractivity contribution in [2.75, 3.05) is 5.73 Å². The average Bonchev–Trinajstić information content (AvgIpc) is 2.42. The Kier molecular flexibility index (Phi) is 1.73. The van der Waals surface area contributed by atoms with Gasteiger partial charge in [-0.1, -0.05) is 0 Å². The average molecular weight is 201 g/mol. The molecule has 0 aliphatic carbocycles. The minimum atomic E-state index is -0.538. The molecule has 1 aromatic rings. The molecule has 15 heavy (non-hydrogen) atoms. The summed E-state index contributed by atoms with van der Waals surface area (Å²) in [4.78, 5) is 22.7. The second-order valence-corrected chi connectivity index (χ2v) is 3.30. The van der Waals surface area contributed by atoms with Crippen LogP contribution in [0.2, 0.25) is 0 Å². The Morgan fingerprint density at radius 3 is 2.67 bits per heavy atom. The summed E-state index contributed by atoms with van der Waals surface area (Å²) in [5.41, 5.74) is 6.94. The van der Waals surface area contributed by atoms with Crippen LogP contribution in [0.5, 0.6) is 0 Å². The van der Waals surface area contributed by atoms with Crippen molar-refractivity contribution in [3.05, 3.63) is 28.3 Å². The first-order valence-electron chi connectivity index (χ1n) is 4.25. The van der Waals surface area contributed by atoms with E-state index in [9.17, 15) is 9.59 Å². The van der Waals surface area contributed by atoms with Crippen molar-refractivity contribution < 1.29 is 9.59 Å². The minimum Gasteiger partial charge on any atom is -0.397 e. The van der Waals surface area contributed by atoms with Gasteiger partial charge in [-0.15, -0.1) is 0 Å². The van der Waals surface area contributed by atoms with Crippen molar-refractivity contribution in [2.45, 2.75) is 6.92 Å². The summed E-state index contributed by atoms with van der Waals surface area (Å²) < 4.78 is 0. The monoisotopic (exact) mass is 201 g/mol. The number of carbonyl (C=O) groups is 2. The van der Waals surface area contributed by atoms with Crippen LogP contribution in [0.3, 0.4) is 0 Å². The van der Waals surface area contributed by atoms with Gasteiger partial charge < -0.3 is 5.73 Å². The first-order chi connectivity index (χ1) is 7.06. The molecule has 0 radical (unpaired) electrons. The van der Waals surface area contributed by atoms with Crippen molar-refractivity contribution >= 4 is 17.5 Å². The lowest BCUT2D eigenvalue weighted by Crippen LogP contribution is -2.20. The number of hydrogen-bond donors (Lipinski definition) is 2. The highest BCUT2D eigenvalue weighted by atomic mass is 16.2. The molecule has 0 bridgehead atoms. The van der Waals surface area contributed by atoms with Crippen LogP contribution in [0.4, 0.5) is 5.69 Å². The number of carbonyl (C=O) groups excluding carboxylic acids is 2. The highest BCUT2D eigenvalue weighted by molar-refractivity contribution is 6.24. The fraction of sp³-hybridized carbons (Fsp3) is 0.100. The molecule has 2 rings (SSSR count). The first-order valence-corrected chi connectivity index (χ1v) is 4.25. The SMILES string of the molecule is Cc1cc2c(c(N)c1C#N)C(=O)NC2=O. The number of anilines is 1. The van der Waals surface area contributed by atoms with Gasteiger partial charge in [0, 0.05) is 0 Å². The second-order valence-electron chi connectivity index (χ2n) is 3.30. The van der Waals surface area contributed by atoms with Crippen molar-refractivity contribution in [2.24, 2.45) is 0 Å². The summed E-state index contributed by atoms with van der Waals surface area (Å²) in [6.45, 7) is 1.67. The van der Waals surface area contributed by atoms with Gasteiger partial charge >= 0.3 is 0 Å². The number of fused-ring (bicyclic) bond motifs is 1. The molecule has 1 aliphatic rings. The molecular weight excluding hydrogens is 194 g/mol. The zero-order valence-electron chi connectivity index (χ0n) is 7.92. The summed E-state index contributed by atoms with van der Waals surface area (Å²) >= 11 is 0. The molecule has 0 aromatic heterocycles. The van der Waals surface area contributed by atoms with Gasteiger partial charge in [-0.3, -0.25) is 14.9 Å². The van der Waals surface area contributed by atoms with E-state index in [1.165, 1.54) is 6.07 Å². The third kappa shape index (κ3) is 1.08. The molecule has 0 unspecified atom stereocenters. The van der Waals surface area contributed by atoms with Gasteiger partial charge in [0.05, 0.1) is 22.4 Å². The fourth-order valence-electron chi connectivity index (χ4n) is 1.65. The lowest BCUT2D eigenvalue weighted by atomic mass is 9.98. The molecule has 0 atom stereocenters. The van der Waals surface area contributed by atoms with Crippen LogP contribution in [0, 0.1) is 18.3 Å². The quantitative estimate of drug-likeness (QED) is 0.467. The molecule has 1 aromatic carbocycles. The number of imide groups is 1. The Balaban J connectivity index is 2.85. The summed E-state index contributed by atoms with van der Waals surface area (Å²) in [6.07, 6.45) is 0. The number of nitrogens with zero attached hydrogens (tertiary/aromatic N) is 1. The molecule has 0 spiro atoms. The second kappa shape index (κ2) is 2.82. The zero-order valence-corrected chi connectivity index (χ0v) is 7.92. The molecular formula is C10H7N3O2. The van der Waals surface area contributed by atoms with Gasteiger partial charge in [0.25, 0.3) is 11.8 Å². The Hall–Kier alpha value is -2.35. The molecule has 0 saturated carbocycles. The number of nitrogens with one attached hydrogen (secondary N) is 1. The van der Waals surface area contributed by atoms with Crippen LogP contribution >= 0.6 is 0 Å². The molecule has 3 N–H and O–H groups in total. The number of hydrogen-bond acceptors (Lipinski definition) is 4. The maximum Gasteiger partial charge on any atom is 0.261 e. The van der Waals surface area contributed by atoms with Crippen LogP contribution in [0.25, 0.3) is 0 Å². The van der Waals surface area contributed by atoms with Gasteiger partial charge in [0.2, 0.25) is 0 Å². The van der Waals surface area contributed by atoms with Gasteiger partial charge in [0.1, 0.15) is 6.07 Å². The molecule has 74 valence electrons. The highest BCUT2D eigenvalue weighted by Gasteiger charge is 2.31. The van der Waals surface area contributed by atoms with E-state index in [1.54, 1.807) is 6.92 Å². The van der Waals surface area contributed by atoms with E-state index in [4.69, 9.17) is 11.0 Å². The third-order valence-electron chi connectivity index (χ3n) is 2.37. The number of nitriles is 1. The van der Waals surface area contributed by atoms with Gasteiger partial charge in [-0.25, -0.2) is 0 Å². The maximum atomic E-state index is 11.4. The molecule has 0 saturated heterocycles. The van der Waals surface area contributed by atoms with E-state index in [0.29, 0.717) is 5.56 Å². The molecule has 0 fully saturated rings. The van der Waals surface area contributed by atoms with E-state index < -0.39 is 11.8 Å². The van der Waals surface area contributed by atoms with Gasteiger partial charge in [-0.05, 0) is 18.6 Å². The normalized spacial score (nSPS) is 13.3. The Morgan fingerprint density at radius 1 is 1.40 bits per heavy atom. The first kappa shape index (κ1) is 9.21. The number of nitrogen functional groups attached to an aromatic ring is 1. The molecule has 5 nitrogen and oxygen atoms in total. The van der Waals surface area contributed by atoms with Crippen LogP contribution in [-0.4, -0.2) is 11.8 Å². The smallest absolute Gasteiger partial charge is 0.261 e. The van der Waals surface area contributed by atoms with Crippen molar-refractivity contribution in [3.63, 3.8) is 0 Å². The third-order valence-corrected chi connectivity index (χ3v) is 2.37. The van der Waals surface area contributed by atoms with Crippen molar-refractivity contribution in [1.29, 1.82) is 5.26 Å². The maximum absolute atomic E-state index is 11.4. The van der Waals surface area contributed by atoms with Crippen LogP contribution < -0.4 is 11.1 Å². The largest absolute Gasteiger partial charge is 0.397 e. The molecule has 2 amide bonds. The van der Waals surface area contributed by atoms with E-state index in [0.717, 1.165) is 0 Å². The Labute approximate surface area is 85.5 Å². The number of aryl methyl sites for hydroxylation is 1. The fourth-order valence-corrected chi connectivity index (χ4v) is 1.65. The summed E-state index contributed by atoms with van der Waals surface area (Å²) in [5.74, 6) is -1.00.